The maximum atomic E-state index is 6.16. The third-order valence-corrected chi connectivity index (χ3v) is 3.74. The average Bonchev–Trinajstić information content (AvgIpc) is 2.36. The Morgan fingerprint density at radius 2 is 1.68 bits per heavy atom. The van der Waals surface area contributed by atoms with E-state index in [2.05, 4.69) is 5.32 Å². The van der Waals surface area contributed by atoms with Gasteiger partial charge in [-0.3, -0.25) is 0 Å². The number of halogens is 3. The topological polar surface area (TPSA) is 38.0 Å². The van der Waals surface area contributed by atoms with Crippen LogP contribution in [0.4, 0.5) is 11.4 Å². The highest BCUT2D eigenvalue weighted by molar-refractivity contribution is 7.80. The van der Waals surface area contributed by atoms with E-state index in [1.807, 2.05) is 6.07 Å². The lowest BCUT2D eigenvalue weighted by atomic mass is 10.2. The quantitative estimate of drug-likeness (QED) is 0.775. The molecule has 0 aromatic heterocycles. The van der Waals surface area contributed by atoms with Crippen molar-refractivity contribution in [1.82, 2.24) is 0 Å². The highest BCUT2D eigenvalue weighted by Crippen LogP contribution is 2.30. The number of benzene rings is 2. The summed E-state index contributed by atoms with van der Waals surface area (Å²) in [7, 11) is 0. The molecule has 98 valence electrons. The zero-order valence-electron chi connectivity index (χ0n) is 9.58. The van der Waals surface area contributed by atoms with Gasteiger partial charge in [0.25, 0.3) is 0 Å². The molecule has 0 radical (unpaired) electrons. The Morgan fingerprint density at radius 3 is 2.26 bits per heavy atom. The summed E-state index contributed by atoms with van der Waals surface area (Å²) in [4.78, 5) is 0.308. The van der Waals surface area contributed by atoms with Gasteiger partial charge in [-0.05, 0) is 36.4 Å². The van der Waals surface area contributed by atoms with Gasteiger partial charge in [0, 0.05) is 11.3 Å². The lowest BCUT2D eigenvalue weighted by Gasteiger charge is -2.10. The molecule has 0 bridgehead atoms. The summed E-state index contributed by atoms with van der Waals surface area (Å²) in [6, 6.07) is 10.6. The fourth-order valence-corrected chi connectivity index (χ4v) is 2.15. The van der Waals surface area contributed by atoms with Gasteiger partial charge in [-0.15, -0.1) is 0 Å². The maximum Gasteiger partial charge on any atom is 0.104 e. The van der Waals surface area contributed by atoms with Crippen molar-refractivity contribution in [2.24, 2.45) is 5.73 Å². The molecular weight excluding hydrogens is 323 g/mol. The Hall–Kier alpha value is -1.000. The van der Waals surface area contributed by atoms with Crippen molar-refractivity contribution in [2.75, 3.05) is 5.32 Å². The monoisotopic (exact) mass is 330 g/mol. The molecule has 2 aromatic carbocycles. The van der Waals surface area contributed by atoms with E-state index in [1.54, 1.807) is 30.3 Å². The molecule has 0 unspecified atom stereocenters. The van der Waals surface area contributed by atoms with E-state index in [0.717, 1.165) is 16.9 Å². The van der Waals surface area contributed by atoms with Crippen molar-refractivity contribution in [3.63, 3.8) is 0 Å². The second kappa shape index (κ2) is 5.97. The third kappa shape index (κ3) is 3.51. The van der Waals surface area contributed by atoms with Crippen LogP contribution in [0.25, 0.3) is 0 Å². The van der Waals surface area contributed by atoms with Crippen LogP contribution in [0.1, 0.15) is 5.56 Å². The van der Waals surface area contributed by atoms with E-state index in [9.17, 15) is 0 Å². The summed E-state index contributed by atoms with van der Waals surface area (Å²) >= 11 is 22.9. The predicted molar refractivity (Wildman–Crippen MR) is 87.1 cm³/mol. The molecule has 0 aliphatic rings. The second-order valence-electron chi connectivity index (χ2n) is 3.81. The summed E-state index contributed by atoms with van der Waals surface area (Å²) in [5.41, 5.74) is 7.79. The van der Waals surface area contributed by atoms with Crippen molar-refractivity contribution in [3.05, 3.63) is 57.0 Å². The van der Waals surface area contributed by atoms with E-state index in [0.29, 0.717) is 20.1 Å². The number of anilines is 2. The number of rotatable bonds is 3. The van der Waals surface area contributed by atoms with Crippen LogP contribution in [0.15, 0.2) is 36.4 Å². The van der Waals surface area contributed by atoms with Gasteiger partial charge in [0.2, 0.25) is 0 Å². The molecule has 0 spiro atoms. The Balaban J connectivity index is 2.28. The normalized spacial score (nSPS) is 10.3. The Bertz CT molecular complexity index is 644. The van der Waals surface area contributed by atoms with Crippen molar-refractivity contribution in [2.45, 2.75) is 0 Å². The smallest absolute Gasteiger partial charge is 0.104 e. The summed E-state index contributed by atoms with van der Waals surface area (Å²) in [6.07, 6.45) is 0. The molecule has 2 aromatic rings. The molecular formula is C13H9Cl3N2S. The lowest BCUT2D eigenvalue weighted by molar-refractivity contribution is 1.53. The molecule has 0 atom stereocenters. The first kappa shape index (κ1) is 14.4. The van der Waals surface area contributed by atoms with E-state index in [4.69, 9.17) is 52.8 Å². The van der Waals surface area contributed by atoms with E-state index >= 15 is 0 Å². The minimum atomic E-state index is 0.308. The number of hydrogen-bond acceptors (Lipinski definition) is 2. The van der Waals surface area contributed by atoms with Gasteiger partial charge >= 0.3 is 0 Å². The van der Waals surface area contributed by atoms with Gasteiger partial charge < -0.3 is 11.1 Å². The van der Waals surface area contributed by atoms with Crippen molar-refractivity contribution < 1.29 is 0 Å². The van der Waals surface area contributed by atoms with Crippen LogP contribution in [-0.4, -0.2) is 4.99 Å². The maximum absolute atomic E-state index is 6.16. The average molecular weight is 332 g/mol. The summed E-state index contributed by atoms with van der Waals surface area (Å²) in [6.45, 7) is 0. The lowest BCUT2D eigenvalue weighted by Crippen LogP contribution is -2.09. The largest absolute Gasteiger partial charge is 0.389 e. The molecule has 19 heavy (non-hydrogen) atoms. The molecule has 2 nitrogen and oxygen atoms in total. The van der Waals surface area contributed by atoms with Gasteiger partial charge in [-0.1, -0.05) is 47.0 Å². The SMILES string of the molecule is NC(=S)c1ccc(Nc2ccc(Cl)c(Cl)c2)c(Cl)c1. The summed E-state index contributed by atoms with van der Waals surface area (Å²) in [5, 5.41) is 4.65. The number of hydrogen-bond donors (Lipinski definition) is 2. The Morgan fingerprint density at radius 1 is 0.947 bits per heavy atom. The van der Waals surface area contributed by atoms with Crippen LogP contribution in [0.3, 0.4) is 0 Å². The van der Waals surface area contributed by atoms with Crippen molar-refractivity contribution in [1.29, 1.82) is 0 Å². The van der Waals surface area contributed by atoms with Gasteiger partial charge in [-0.25, -0.2) is 0 Å². The van der Waals surface area contributed by atoms with Gasteiger partial charge in [0.15, 0.2) is 0 Å². The molecule has 0 saturated carbocycles. The van der Waals surface area contributed by atoms with E-state index in [-0.39, 0.29) is 0 Å². The van der Waals surface area contributed by atoms with E-state index < -0.39 is 0 Å². The van der Waals surface area contributed by atoms with Gasteiger partial charge in [-0.2, -0.15) is 0 Å². The van der Waals surface area contributed by atoms with Crippen molar-refractivity contribution in [3.8, 4) is 0 Å². The van der Waals surface area contributed by atoms with Crippen LogP contribution in [-0.2, 0) is 0 Å². The van der Waals surface area contributed by atoms with Gasteiger partial charge in [0.05, 0.1) is 20.8 Å². The molecule has 0 saturated heterocycles. The summed E-state index contributed by atoms with van der Waals surface area (Å²) in [5.74, 6) is 0. The van der Waals surface area contributed by atoms with E-state index in [1.165, 1.54) is 0 Å². The second-order valence-corrected chi connectivity index (χ2v) is 5.47. The zero-order valence-corrected chi connectivity index (χ0v) is 12.7. The third-order valence-electron chi connectivity index (χ3n) is 2.45. The number of nitrogens with one attached hydrogen (secondary N) is 1. The van der Waals surface area contributed by atoms with Crippen LogP contribution < -0.4 is 11.1 Å². The first-order valence-corrected chi connectivity index (χ1v) is 6.83. The van der Waals surface area contributed by atoms with Crippen LogP contribution in [0.2, 0.25) is 15.1 Å². The molecule has 0 amide bonds. The van der Waals surface area contributed by atoms with Crippen LogP contribution in [0, 0.1) is 0 Å². The van der Waals surface area contributed by atoms with Crippen LogP contribution in [0.5, 0.6) is 0 Å². The molecule has 0 heterocycles. The Labute approximate surface area is 131 Å². The minimum absolute atomic E-state index is 0.308. The minimum Gasteiger partial charge on any atom is -0.389 e. The zero-order chi connectivity index (χ0) is 14.0. The highest BCUT2D eigenvalue weighted by Gasteiger charge is 2.05. The highest BCUT2D eigenvalue weighted by atomic mass is 35.5. The standard InChI is InChI=1S/C13H9Cl3N2S/c14-9-3-2-8(6-10(9)15)18-12-4-1-7(13(17)19)5-11(12)16/h1-6,18H,(H2,17,19). The first-order chi connectivity index (χ1) is 8.97. The number of thiocarbonyl (C=S) groups is 1. The fourth-order valence-electron chi connectivity index (χ4n) is 1.50. The molecule has 0 aliphatic carbocycles. The molecule has 6 heteroatoms. The molecule has 0 aliphatic heterocycles. The van der Waals surface area contributed by atoms with Crippen LogP contribution >= 0.6 is 47.0 Å². The Kier molecular flexibility index (Phi) is 4.53. The molecule has 3 N–H and O–H groups in total. The number of nitrogens with two attached hydrogens (primary N) is 1. The summed E-state index contributed by atoms with van der Waals surface area (Å²) < 4.78 is 0. The molecule has 2 rings (SSSR count). The molecule has 0 fully saturated rings. The fraction of sp³-hybridized carbons (Fsp3) is 0. The first-order valence-electron chi connectivity index (χ1n) is 5.29. The van der Waals surface area contributed by atoms with Crippen molar-refractivity contribution >= 4 is 63.4 Å². The van der Waals surface area contributed by atoms with Gasteiger partial charge in [0.1, 0.15) is 4.99 Å². The predicted octanol–water partition coefficient (Wildman–Crippen LogP) is 5.02.